The quantitative estimate of drug-likeness (QED) is 0.491. The van der Waals surface area contributed by atoms with Gasteiger partial charge in [0.2, 0.25) is 0 Å². The second kappa shape index (κ2) is 8.61. The van der Waals surface area contributed by atoms with Crippen LogP contribution in [0.4, 0.5) is 5.82 Å². The van der Waals surface area contributed by atoms with E-state index in [4.69, 9.17) is 10.1 Å². The summed E-state index contributed by atoms with van der Waals surface area (Å²) in [5.74, 6) is 1.06. The smallest absolute Gasteiger partial charge is 0.273 e. The lowest BCUT2D eigenvalue weighted by molar-refractivity contribution is 0.0602. The SMILES string of the molecule is Cc1cn2nc([C@@H]3CCCCN3C(=O)c3nccc4ccccc34)cc2nc1N1C[C@@H](C)[C@@H](O)C1. The van der Waals surface area contributed by atoms with Gasteiger partial charge in [-0.2, -0.15) is 5.10 Å². The molecule has 2 aliphatic heterocycles. The van der Waals surface area contributed by atoms with E-state index in [2.05, 4.69) is 16.8 Å². The summed E-state index contributed by atoms with van der Waals surface area (Å²) in [4.78, 5) is 27.2. The average molecular weight is 471 g/mol. The molecular weight excluding hydrogens is 440 g/mol. The lowest BCUT2D eigenvalue weighted by Crippen LogP contribution is -2.39. The maximum absolute atomic E-state index is 13.7. The van der Waals surface area contributed by atoms with Crippen LogP contribution in [0.2, 0.25) is 0 Å². The number of fused-ring (bicyclic) bond motifs is 2. The molecule has 180 valence electrons. The van der Waals surface area contributed by atoms with E-state index in [9.17, 15) is 9.90 Å². The van der Waals surface area contributed by atoms with Gasteiger partial charge in [-0.3, -0.25) is 9.78 Å². The third-order valence-corrected chi connectivity index (χ3v) is 7.48. The van der Waals surface area contributed by atoms with Crippen molar-refractivity contribution in [3.8, 4) is 0 Å². The zero-order valence-electron chi connectivity index (χ0n) is 20.1. The molecule has 6 rings (SSSR count). The number of anilines is 1. The summed E-state index contributed by atoms with van der Waals surface area (Å²) in [6.45, 7) is 6.16. The van der Waals surface area contributed by atoms with Crippen molar-refractivity contribution in [2.75, 3.05) is 24.5 Å². The minimum absolute atomic E-state index is 0.0478. The number of aliphatic hydroxyl groups is 1. The minimum atomic E-state index is -0.336. The van der Waals surface area contributed by atoms with Crippen LogP contribution in [-0.4, -0.2) is 61.2 Å². The van der Waals surface area contributed by atoms with E-state index in [0.29, 0.717) is 18.8 Å². The van der Waals surface area contributed by atoms with Gasteiger partial charge >= 0.3 is 0 Å². The van der Waals surface area contributed by atoms with Gasteiger partial charge in [0, 0.05) is 55.0 Å². The monoisotopic (exact) mass is 470 g/mol. The Bertz CT molecular complexity index is 1400. The molecule has 2 fully saturated rings. The Morgan fingerprint density at radius 2 is 2.00 bits per heavy atom. The average Bonchev–Trinajstić information content (AvgIpc) is 3.44. The largest absolute Gasteiger partial charge is 0.391 e. The standard InChI is InChI=1S/C27H30N6O2/c1-17-14-31(16-23(17)34)26-18(2)15-33-24(29-26)13-21(30-33)22-9-5-6-12-32(22)27(35)25-20-8-4-3-7-19(20)10-11-28-25/h3-4,7-8,10-11,13,15,17,22-23,34H,5-6,9,12,14,16H2,1-2H3/t17-,22+,23+/m1/s1. The van der Waals surface area contributed by atoms with Crippen LogP contribution < -0.4 is 4.90 Å². The number of hydrogen-bond donors (Lipinski definition) is 1. The molecule has 3 aromatic heterocycles. The molecule has 0 aliphatic carbocycles. The molecule has 0 unspecified atom stereocenters. The zero-order valence-corrected chi connectivity index (χ0v) is 20.1. The van der Waals surface area contributed by atoms with Gasteiger partial charge in [-0.25, -0.2) is 9.50 Å². The highest BCUT2D eigenvalue weighted by atomic mass is 16.3. The number of benzene rings is 1. The number of aromatic nitrogens is 4. The Morgan fingerprint density at radius 3 is 2.83 bits per heavy atom. The van der Waals surface area contributed by atoms with E-state index >= 15 is 0 Å². The number of carbonyl (C=O) groups is 1. The van der Waals surface area contributed by atoms with Crippen molar-refractivity contribution in [1.29, 1.82) is 0 Å². The number of amides is 1. The molecule has 0 radical (unpaired) electrons. The topological polar surface area (TPSA) is 86.9 Å². The first-order valence-electron chi connectivity index (χ1n) is 12.4. The summed E-state index contributed by atoms with van der Waals surface area (Å²) in [5.41, 5.74) is 3.13. The van der Waals surface area contributed by atoms with Crippen molar-refractivity contribution in [3.05, 3.63) is 65.7 Å². The van der Waals surface area contributed by atoms with Gasteiger partial charge in [-0.1, -0.05) is 31.2 Å². The van der Waals surface area contributed by atoms with E-state index in [1.807, 2.05) is 58.9 Å². The van der Waals surface area contributed by atoms with Crippen LogP contribution in [0.5, 0.6) is 0 Å². The molecule has 1 aromatic carbocycles. The van der Waals surface area contributed by atoms with E-state index in [1.165, 1.54) is 0 Å². The van der Waals surface area contributed by atoms with E-state index in [-0.39, 0.29) is 24.0 Å². The number of aryl methyl sites for hydroxylation is 1. The van der Waals surface area contributed by atoms with Crippen LogP contribution in [0.3, 0.4) is 0 Å². The molecule has 2 aliphatic rings. The molecule has 3 atom stereocenters. The highest BCUT2D eigenvalue weighted by molar-refractivity contribution is 6.05. The molecule has 8 nitrogen and oxygen atoms in total. The van der Waals surface area contributed by atoms with Crippen molar-refractivity contribution in [1.82, 2.24) is 24.5 Å². The van der Waals surface area contributed by atoms with Gasteiger partial charge in [-0.05, 0) is 37.6 Å². The van der Waals surface area contributed by atoms with Crippen LogP contribution in [0, 0.1) is 12.8 Å². The maximum atomic E-state index is 13.7. The maximum Gasteiger partial charge on any atom is 0.273 e. The number of likely N-dealkylation sites (tertiary alicyclic amines) is 1. The number of pyridine rings is 1. The molecule has 0 bridgehead atoms. The number of hydrogen-bond acceptors (Lipinski definition) is 6. The summed E-state index contributed by atoms with van der Waals surface area (Å²) < 4.78 is 1.82. The second-order valence-corrected chi connectivity index (χ2v) is 9.96. The predicted octanol–water partition coefficient (Wildman–Crippen LogP) is 3.77. The van der Waals surface area contributed by atoms with Crippen molar-refractivity contribution in [3.63, 3.8) is 0 Å². The summed E-state index contributed by atoms with van der Waals surface area (Å²) in [6, 6.07) is 11.7. The first-order valence-corrected chi connectivity index (χ1v) is 12.4. The van der Waals surface area contributed by atoms with E-state index in [0.717, 1.165) is 59.3 Å². The van der Waals surface area contributed by atoms with Crippen LogP contribution in [0.15, 0.2) is 48.8 Å². The molecule has 0 saturated carbocycles. The highest BCUT2D eigenvalue weighted by Crippen LogP contribution is 2.33. The fraction of sp³-hybridized carbons (Fsp3) is 0.407. The number of carbonyl (C=O) groups excluding carboxylic acids is 1. The molecule has 1 amide bonds. The first-order chi connectivity index (χ1) is 17.0. The van der Waals surface area contributed by atoms with Crippen LogP contribution in [0.1, 0.15) is 54.0 Å². The summed E-state index contributed by atoms with van der Waals surface area (Å²) in [6.07, 6.45) is 6.26. The number of nitrogens with zero attached hydrogens (tertiary/aromatic N) is 6. The summed E-state index contributed by atoms with van der Waals surface area (Å²) in [5, 5.41) is 17.0. The van der Waals surface area contributed by atoms with Gasteiger partial charge in [0.05, 0.1) is 17.8 Å². The van der Waals surface area contributed by atoms with Gasteiger partial charge in [0.25, 0.3) is 5.91 Å². The van der Waals surface area contributed by atoms with Crippen molar-refractivity contribution >= 4 is 28.1 Å². The summed E-state index contributed by atoms with van der Waals surface area (Å²) >= 11 is 0. The van der Waals surface area contributed by atoms with Crippen LogP contribution >= 0.6 is 0 Å². The zero-order chi connectivity index (χ0) is 24.1. The van der Waals surface area contributed by atoms with Gasteiger partial charge < -0.3 is 14.9 Å². The molecule has 8 heteroatoms. The Hall–Kier alpha value is -3.52. The normalized spacial score (nSPS) is 22.9. The van der Waals surface area contributed by atoms with Gasteiger partial charge in [0.15, 0.2) is 5.65 Å². The fourth-order valence-corrected chi connectivity index (χ4v) is 5.53. The minimum Gasteiger partial charge on any atom is -0.391 e. The first kappa shape index (κ1) is 22.0. The number of β-amino-alcohol motifs (C(OH)–C–C–N with tert-alkyl or cyclic N) is 1. The third-order valence-electron chi connectivity index (χ3n) is 7.48. The highest BCUT2D eigenvalue weighted by Gasteiger charge is 2.33. The van der Waals surface area contributed by atoms with Crippen molar-refractivity contribution < 1.29 is 9.90 Å². The molecule has 1 N–H and O–H groups in total. The molecule has 2 saturated heterocycles. The Morgan fingerprint density at radius 1 is 1.14 bits per heavy atom. The number of rotatable bonds is 3. The Kier molecular flexibility index (Phi) is 5.40. The molecule has 0 spiro atoms. The van der Waals surface area contributed by atoms with Gasteiger partial charge in [0.1, 0.15) is 11.5 Å². The molecule has 4 aromatic rings. The fourth-order valence-electron chi connectivity index (χ4n) is 5.53. The van der Waals surface area contributed by atoms with Gasteiger partial charge in [-0.15, -0.1) is 0 Å². The van der Waals surface area contributed by atoms with Crippen LogP contribution in [0.25, 0.3) is 16.4 Å². The third kappa shape index (κ3) is 3.82. The molecule has 35 heavy (non-hydrogen) atoms. The van der Waals surface area contributed by atoms with E-state index in [1.54, 1.807) is 6.20 Å². The number of piperidine rings is 1. The number of aliphatic hydroxyl groups excluding tert-OH is 1. The second-order valence-electron chi connectivity index (χ2n) is 9.96. The molecule has 5 heterocycles. The van der Waals surface area contributed by atoms with Crippen molar-refractivity contribution in [2.24, 2.45) is 5.92 Å². The predicted molar refractivity (Wildman–Crippen MR) is 134 cm³/mol. The molecular formula is C27H30N6O2. The Labute approximate surface area is 204 Å². The lowest BCUT2D eigenvalue weighted by atomic mass is 9.98. The van der Waals surface area contributed by atoms with Crippen molar-refractivity contribution in [2.45, 2.75) is 45.3 Å². The van der Waals surface area contributed by atoms with E-state index < -0.39 is 0 Å². The summed E-state index contributed by atoms with van der Waals surface area (Å²) in [7, 11) is 0. The lowest BCUT2D eigenvalue weighted by Gasteiger charge is -2.34. The Balaban J connectivity index is 1.35. The van der Waals surface area contributed by atoms with Crippen LogP contribution in [-0.2, 0) is 0 Å².